The fraction of sp³-hybridized carbons (Fsp3) is 0.278. The predicted octanol–water partition coefficient (Wildman–Crippen LogP) is 3.74. The van der Waals surface area contributed by atoms with E-state index in [1.807, 2.05) is 6.07 Å². The zero-order chi connectivity index (χ0) is 13.9. The molecule has 2 heteroatoms. The molecule has 3 rings (SSSR count). The molecule has 0 aliphatic heterocycles. The first-order valence-corrected chi connectivity index (χ1v) is 7.06. The number of hydrogen-bond acceptors (Lipinski definition) is 1. The second-order valence-electron chi connectivity index (χ2n) is 5.48. The molecule has 20 heavy (non-hydrogen) atoms. The van der Waals surface area contributed by atoms with E-state index >= 15 is 0 Å². The van der Waals surface area contributed by atoms with Crippen LogP contribution in [-0.2, 0) is 24.1 Å². The largest absolute Gasteiger partial charge is 0.299 e. The Hall–Kier alpha value is -1.96. The molecule has 1 aliphatic rings. The van der Waals surface area contributed by atoms with Crippen LogP contribution < -0.4 is 0 Å². The van der Waals surface area contributed by atoms with Crippen molar-refractivity contribution in [2.24, 2.45) is 5.92 Å². The summed E-state index contributed by atoms with van der Waals surface area (Å²) in [4.78, 5) is 12.4. The van der Waals surface area contributed by atoms with Crippen molar-refractivity contribution in [1.82, 2.24) is 0 Å². The third kappa shape index (κ3) is 2.79. The van der Waals surface area contributed by atoms with Crippen molar-refractivity contribution in [2.45, 2.75) is 25.7 Å². The van der Waals surface area contributed by atoms with E-state index in [9.17, 15) is 9.18 Å². The van der Waals surface area contributed by atoms with E-state index in [1.165, 1.54) is 23.3 Å². The molecule has 0 fully saturated rings. The van der Waals surface area contributed by atoms with E-state index in [-0.39, 0.29) is 17.5 Å². The number of fused-ring (bicyclic) bond motifs is 1. The summed E-state index contributed by atoms with van der Waals surface area (Å²) < 4.78 is 12.9. The quantitative estimate of drug-likeness (QED) is 0.828. The molecule has 1 atom stereocenters. The molecule has 0 bridgehead atoms. The van der Waals surface area contributed by atoms with Gasteiger partial charge >= 0.3 is 0 Å². The van der Waals surface area contributed by atoms with Gasteiger partial charge in [-0.15, -0.1) is 0 Å². The highest BCUT2D eigenvalue weighted by Crippen LogP contribution is 2.26. The van der Waals surface area contributed by atoms with Crippen molar-refractivity contribution >= 4 is 5.78 Å². The first-order valence-electron chi connectivity index (χ1n) is 7.06. The first-order chi connectivity index (χ1) is 9.72. The Morgan fingerprint density at radius 1 is 1.05 bits per heavy atom. The number of aryl methyl sites for hydroxylation is 1. The molecule has 0 saturated carbocycles. The van der Waals surface area contributed by atoms with Crippen LogP contribution in [0.15, 0.2) is 48.5 Å². The molecule has 0 spiro atoms. The van der Waals surface area contributed by atoms with E-state index in [0.29, 0.717) is 6.42 Å². The normalized spacial score (nSPS) is 17.6. The molecule has 2 aromatic rings. The van der Waals surface area contributed by atoms with Gasteiger partial charge in [-0.05, 0) is 48.1 Å². The Labute approximate surface area is 118 Å². The van der Waals surface area contributed by atoms with Crippen molar-refractivity contribution in [3.8, 4) is 0 Å². The van der Waals surface area contributed by atoms with Crippen molar-refractivity contribution in [1.29, 1.82) is 0 Å². The van der Waals surface area contributed by atoms with Gasteiger partial charge < -0.3 is 0 Å². The molecule has 0 heterocycles. The molecule has 1 unspecified atom stereocenters. The second-order valence-corrected chi connectivity index (χ2v) is 5.48. The molecular weight excluding hydrogens is 251 g/mol. The summed E-state index contributed by atoms with van der Waals surface area (Å²) in [6.07, 6.45) is 3.16. The van der Waals surface area contributed by atoms with E-state index in [2.05, 4.69) is 18.2 Å². The van der Waals surface area contributed by atoms with E-state index in [1.54, 1.807) is 12.1 Å². The van der Waals surface area contributed by atoms with Crippen LogP contribution in [0.3, 0.4) is 0 Å². The van der Waals surface area contributed by atoms with Crippen LogP contribution in [0.2, 0.25) is 0 Å². The maximum Gasteiger partial charge on any atom is 0.140 e. The molecule has 102 valence electrons. The lowest BCUT2D eigenvalue weighted by molar-refractivity contribution is -0.122. The Balaban J connectivity index is 1.68. The maximum absolute atomic E-state index is 12.9. The number of halogens is 1. The number of carbonyl (C=O) groups is 1. The van der Waals surface area contributed by atoms with Gasteiger partial charge in [-0.25, -0.2) is 4.39 Å². The van der Waals surface area contributed by atoms with Gasteiger partial charge in [0.25, 0.3) is 0 Å². The minimum absolute atomic E-state index is 0.106. The highest BCUT2D eigenvalue weighted by Gasteiger charge is 2.24. The standard InChI is InChI=1S/C18H17FO/c19-17-9-5-13(6-10-17)11-18(20)16-8-7-14-3-1-2-4-15(14)12-16/h1-6,9-10,16H,7-8,11-12H2. The van der Waals surface area contributed by atoms with E-state index in [4.69, 9.17) is 0 Å². The average Bonchev–Trinajstić information content (AvgIpc) is 2.49. The predicted molar refractivity (Wildman–Crippen MR) is 77.1 cm³/mol. The molecule has 0 saturated heterocycles. The summed E-state index contributed by atoms with van der Waals surface area (Å²) in [5, 5.41) is 0. The van der Waals surface area contributed by atoms with E-state index in [0.717, 1.165) is 24.8 Å². The lowest BCUT2D eigenvalue weighted by Gasteiger charge is -2.23. The van der Waals surface area contributed by atoms with Gasteiger partial charge in [-0.2, -0.15) is 0 Å². The van der Waals surface area contributed by atoms with Gasteiger partial charge in [-0.3, -0.25) is 4.79 Å². The Morgan fingerprint density at radius 2 is 1.75 bits per heavy atom. The van der Waals surface area contributed by atoms with Crippen LogP contribution in [0.4, 0.5) is 4.39 Å². The number of ketones is 1. The third-order valence-corrected chi connectivity index (χ3v) is 4.09. The van der Waals surface area contributed by atoms with Gasteiger partial charge in [0.1, 0.15) is 11.6 Å². The van der Waals surface area contributed by atoms with Crippen LogP contribution in [0, 0.1) is 11.7 Å². The molecule has 0 amide bonds. The van der Waals surface area contributed by atoms with Crippen molar-refractivity contribution in [3.05, 3.63) is 71.0 Å². The summed E-state index contributed by atoms with van der Waals surface area (Å²) in [5.41, 5.74) is 3.57. The number of hydrogen-bond donors (Lipinski definition) is 0. The van der Waals surface area contributed by atoms with Gasteiger partial charge in [0.05, 0.1) is 0 Å². The molecular formula is C18H17FO. The number of benzene rings is 2. The molecule has 1 aliphatic carbocycles. The van der Waals surface area contributed by atoms with Crippen molar-refractivity contribution in [2.75, 3.05) is 0 Å². The van der Waals surface area contributed by atoms with E-state index < -0.39 is 0 Å². The highest BCUT2D eigenvalue weighted by atomic mass is 19.1. The Morgan fingerprint density at radius 3 is 2.50 bits per heavy atom. The zero-order valence-corrected chi connectivity index (χ0v) is 11.3. The topological polar surface area (TPSA) is 17.1 Å². The Kier molecular flexibility index (Phi) is 3.64. The third-order valence-electron chi connectivity index (χ3n) is 4.09. The first kappa shape index (κ1) is 13.0. The summed E-state index contributed by atoms with van der Waals surface area (Å²) in [5.74, 6) is 0.119. The molecule has 2 aromatic carbocycles. The fourth-order valence-corrected chi connectivity index (χ4v) is 2.92. The van der Waals surface area contributed by atoms with Crippen LogP contribution in [0.5, 0.6) is 0 Å². The Bertz CT molecular complexity index is 616. The van der Waals surface area contributed by atoms with Gasteiger partial charge in [0.2, 0.25) is 0 Å². The number of carbonyl (C=O) groups excluding carboxylic acids is 1. The fourth-order valence-electron chi connectivity index (χ4n) is 2.92. The minimum atomic E-state index is -0.257. The lowest BCUT2D eigenvalue weighted by Crippen LogP contribution is -2.24. The van der Waals surface area contributed by atoms with Crippen LogP contribution in [0.25, 0.3) is 0 Å². The molecule has 0 radical (unpaired) electrons. The average molecular weight is 268 g/mol. The van der Waals surface area contributed by atoms with Crippen LogP contribution in [0.1, 0.15) is 23.1 Å². The number of rotatable bonds is 3. The molecule has 0 N–H and O–H groups in total. The molecule has 0 aromatic heterocycles. The number of Topliss-reactive ketones (excluding diaryl/α,β-unsaturated/α-hetero) is 1. The summed E-state index contributed by atoms with van der Waals surface area (Å²) >= 11 is 0. The second kappa shape index (κ2) is 5.58. The highest BCUT2D eigenvalue weighted by molar-refractivity contribution is 5.83. The van der Waals surface area contributed by atoms with Crippen LogP contribution >= 0.6 is 0 Å². The maximum atomic E-state index is 12.9. The van der Waals surface area contributed by atoms with Crippen LogP contribution in [-0.4, -0.2) is 5.78 Å². The van der Waals surface area contributed by atoms with Crippen molar-refractivity contribution < 1.29 is 9.18 Å². The summed E-state index contributed by atoms with van der Waals surface area (Å²) in [6.45, 7) is 0. The summed E-state index contributed by atoms with van der Waals surface area (Å²) in [6, 6.07) is 14.6. The smallest absolute Gasteiger partial charge is 0.140 e. The van der Waals surface area contributed by atoms with Gasteiger partial charge in [0.15, 0.2) is 0 Å². The molecule has 1 nitrogen and oxygen atoms in total. The van der Waals surface area contributed by atoms with Gasteiger partial charge in [0, 0.05) is 12.3 Å². The zero-order valence-electron chi connectivity index (χ0n) is 11.3. The van der Waals surface area contributed by atoms with Gasteiger partial charge in [-0.1, -0.05) is 36.4 Å². The lowest BCUT2D eigenvalue weighted by atomic mass is 9.80. The summed E-state index contributed by atoms with van der Waals surface area (Å²) in [7, 11) is 0. The monoisotopic (exact) mass is 268 g/mol. The van der Waals surface area contributed by atoms with Crippen molar-refractivity contribution in [3.63, 3.8) is 0 Å². The minimum Gasteiger partial charge on any atom is -0.299 e. The SMILES string of the molecule is O=C(Cc1ccc(F)cc1)C1CCc2ccccc2C1.